The third-order valence-corrected chi connectivity index (χ3v) is 3.31. The molecule has 0 aromatic heterocycles. The molecule has 3 nitrogen and oxygen atoms in total. The van der Waals surface area contributed by atoms with Gasteiger partial charge in [-0.15, -0.1) is 0 Å². The minimum atomic E-state index is 0.204. The van der Waals surface area contributed by atoms with Gasteiger partial charge in [-0.1, -0.05) is 13.8 Å². The maximum absolute atomic E-state index is 11.8. The first-order valence-corrected chi connectivity index (χ1v) is 5.55. The predicted octanol–water partition coefficient (Wildman–Crippen LogP) is 1.23. The van der Waals surface area contributed by atoms with Crippen molar-refractivity contribution in [3.63, 3.8) is 0 Å². The molecule has 0 radical (unpaired) electrons. The van der Waals surface area contributed by atoms with Crippen LogP contribution in [-0.2, 0) is 4.79 Å². The van der Waals surface area contributed by atoms with E-state index in [4.69, 9.17) is 5.73 Å². The number of likely N-dealkylation sites (tertiary alicyclic amines) is 1. The summed E-state index contributed by atoms with van der Waals surface area (Å²) >= 11 is 0. The van der Waals surface area contributed by atoms with Gasteiger partial charge >= 0.3 is 0 Å². The molecule has 2 atom stereocenters. The molecule has 0 aromatic carbocycles. The fourth-order valence-corrected chi connectivity index (χ4v) is 2.04. The van der Waals surface area contributed by atoms with E-state index in [1.54, 1.807) is 0 Å². The Hall–Kier alpha value is -0.570. The third kappa shape index (κ3) is 2.47. The molecule has 3 heteroatoms. The highest BCUT2D eigenvalue weighted by Crippen LogP contribution is 2.26. The highest BCUT2D eigenvalue weighted by atomic mass is 16.2. The molecular weight excluding hydrogens is 176 g/mol. The van der Waals surface area contributed by atoms with Crippen LogP contribution in [0.2, 0.25) is 0 Å². The first-order valence-electron chi connectivity index (χ1n) is 5.55. The lowest BCUT2D eigenvalue weighted by Crippen LogP contribution is -2.47. The van der Waals surface area contributed by atoms with Crippen LogP contribution in [0.3, 0.4) is 0 Å². The second-order valence-corrected chi connectivity index (χ2v) is 4.67. The summed E-state index contributed by atoms with van der Waals surface area (Å²) in [6, 6.07) is 0.204. The molecule has 1 heterocycles. The summed E-state index contributed by atoms with van der Waals surface area (Å²) in [6.07, 6.45) is 1.84. The molecule has 0 aliphatic carbocycles. The number of carbonyl (C=O) groups is 1. The van der Waals surface area contributed by atoms with Gasteiger partial charge in [0.25, 0.3) is 0 Å². The van der Waals surface area contributed by atoms with Crippen LogP contribution < -0.4 is 5.73 Å². The number of carbonyl (C=O) groups excluding carboxylic acids is 1. The average molecular weight is 198 g/mol. The number of nitrogens with zero attached hydrogens (tertiary/aromatic N) is 1. The average Bonchev–Trinajstić information content (AvgIpc) is 2.16. The van der Waals surface area contributed by atoms with Crippen molar-refractivity contribution in [2.24, 2.45) is 17.6 Å². The predicted molar refractivity (Wildman–Crippen MR) is 57.8 cm³/mol. The van der Waals surface area contributed by atoms with E-state index in [1.165, 1.54) is 0 Å². The normalized spacial score (nSPS) is 25.6. The minimum absolute atomic E-state index is 0.204. The van der Waals surface area contributed by atoms with Gasteiger partial charge in [-0.05, 0) is 25.2 Å². The Morgan fingerprint density at radius 3 is 2.57 bits per heavy atom. The summed E-state index contributed by atoms with van der Waals surface area (Å²) in [4.78, 5) is 13.7. The fourth-order valence-electron chi connectivity index (χ4n) is 2.04. The van der Waals surface area contributed by atoms with Gasteiger partial charge in [0, 0.05) is 25.6 Å². The molecule has 0 bridgehead atoms. The van der Waals surface area contributed by atoms with Crippen LogP contribution in [0.5, 0.6) is 0 Å². The molecule has 82 valence electrons. The molecule has 2 N–H and O–H groups in total. The lowest BCUT2D eigenvalue weighted by atomic mass is 9.86. The fraction of sp³-hybridized carbons (Fsp3) is 0.909. The van der Waals surface area contributed by atoms with Crippen LogP contribution in [0.1, 0.15) is 33.6 Å². The van der Waals surface area contributed by atoms with E-state index >= 15 is 0 Å². The summed E-state index contributed by atoms with van der Waals surface area (Å²) in [6.45, 7) is 7.87. The second kappa shape index (κ2) is 4.78. The molecule has 14 heavy (non-hydrogen) atoms. The molecule has 1 fully saturated rings. The molecule has 2 unspecified atom stereocenters. The smallest absolute Gasteiger partial charge is 0.223 e. The first-order chi connectivity index (χ1) is 6.56. The van der Waals surface area contributed by atoms with Gasteiger partial charge in [-0.3, -0.25) is 4.79 Å². The Kier molecular flexibility index (Phi) is 3.93. The highest BCUT2D eigenvalue weighted by molar-refractivity contribution is 5.77. The van der Waals surface area contributed by atoms with Gasteiger partial charge in [0.05, 0.1) is 0 Å². The number of amides is 1. The van der Waals surface area contributed by atoms with Crippen molar-refractivity contribution in [1.29, 1.82) is 0 Å². The van der Waals surface area contributed by atoms with E-state index in [1.807, 2.05) is 11.8 Å². The second-order valence-electron chi connectivity index (χ2n) is 4.67. The van der Waals surface area contributed by atoms with Crippen molar-refractivity contribution in [2.45, 2.75) is 39.7 Å². The highest BCUT2D eigenvalue weighted by Gasteiger charge is 2.29. The molecule has 1 rings (SSSR count). The zero-order valence-electron chi connectivity index (χ0n) is 9.49. The van der Waals surface area contributed by atoms with Gasteiger partial charge in [0.1, 0.15) is 0 Å². The molecule has 1 saturated heterocycles. The first kappa shape index (κ1) is 11.5. The van der Waals surface area contributed by atoms with Crippen molar-refractivity contribution < 1.29 is 4.79 Å². The van der Waals surface area contributed by atoms with Gasteiger partial charge in [-0.25, -0.2) is 0 Å². The van der Waals surface area contributed by atoms with E-state index in [9.17, 15) is 4.79 Å². The monoisotopic (exact) mass is 198 g/mol. The minimum Gasteiger partial charge on any atom is -0.339 e. The molecule has 0 spiro atoms. The summed E-state index contributed by atoms with van der Waals surface area (Å²) in [5.74, 6) is 1.48. The van der Waals surface area contributed by atoms with Crippen molar-refractivity contribution >= 4 is 5.91 Å². The Labute approximate surface area is 86.6 Å². The summed E-state index contributed by atoms with van der Waals surface area (Å²) < 4.78 is 0. The Balaban J connectivity index is 2.52. The van der Waals surface area contributed by atoms with E-state index in [2.05, 4.69) is 13.8 Å². The van der Waals surface area contributed by atoms with Crippen LogP contribution in [0, 0.1) is 11.8 Å². The summed E-state index contributed by atoms with van der Waals surface area (Å²) in [7, 11) is 0. The van der Waals surface area contributed by atoms with Gasteiger partial charge in [0.2, 0.25) is 5.91 Å². The van der Waals surface area contributed by atoms with E-state index in [0.29, 0.717) is 24.8 Å². The van der Waals surface area contributed by atoms with Crippen molar-refractivity contribution in [2.75, 3.05) is 13.1 Å². The number of nitrogens with two attached hydrogens (primary N) is 1. The zero-order valence-corrected chi connectivity index (χ0v) is 9.49. The number of rotatable bonds is 3. The number of hydrogen-bond donors (Lipinski definition) is 1. The topological polar surface area (TPSA) is 46.3 Å². The molecule has 1 amide bonds. The lowest BCUT2D eigenvalue weighted by Gasteiger charge is -2.36. The van der Waals surface area contributed by atoms with Crippen molar-refractivity contribution in [1.82, 2.24) is 4.90 Å². The summed E-state index contributed by atoms with van der Waals surface area (Å²) in [5, 5.41) is 0. The third-order valence-electron chi connectivity index (χ3n) is 3.31. The molecule has 1 aliphatic rings. The van der Waals surface area contributed by atoms with Crippen LogP contribution >= 0.6 is 0 Å². The van der Waals surface area contributed by atoms with Crippen LogP contribution in [0.4, 0.5) is 0 Å². The SMILES string of the molecule is CC(C)C1CCN(C(C)CN)C(=O)C1. The quantitative estimate of drug-likeness (QED) is 0.741. The molecule has 0 saturated carbocycles. The van der Waals surface area contributed by atoms with E-state index < -0.39 is 0 Å². The Morgan fingerprint density at radius 1 is 1.50 bits per heavy atom. The van der Waals surface area contributed by atoms with E-state index in [-0.39, 0.29) is 11.9 Å². The molecule has 0 aromatic rings. The number of piperidine rings is 1. The largest absolute Gasteiger partial charge is 0.339 e. The van der Waals surface area contributed by atoms with E-state index in [0.717, 1.165) is 13.0 Å². The van der Waals surface area contributed by atoms with Gasteiger partial charge < -0.3 is 10.6 Å². The van der Waals surface area contributed by atoms with Crippen LogP contribution in [-0.4, -0.2) is 29.9 Å². The maximum atomic E-state index is 11.8. The van der Waals surface area contributed by atoms with Crippen molar-refractivity contribution in [3.05, 3.63) is 0 Å². The van der Waals surface area contributed by atoms with Crippen LogP contribution in [0.15, 0.2) is 0 Å². The Bertz CT molecular complexity index is 203. The van der Waals surface area contributed by atoms with Gasteiger partial charge in [-0.2, -0.15) is 0 Å². The van der Waals surface area contributed by atoms with Crippen molar-refractivity contribution in [3.8, 4) is 0 Å². The lowest BCUT2D eigenvalue weighted by molar-refractivity contribution is -0.137. The zero-order chi connectivity index (χ0) is 10.7. The molecule has 1 aliphatic heterocycles. The maximum Gasteiger partial charge on any atom is 0.223 e. The van der Waals surface area contributed by atoms with Crippen LogP contribution in [0.25, 0.3) is 0 Å². The van der Waals surface area contributed by atoms with Gasteiger partial charge in [0.15, 0.2) is 0 Å². The number of hydrogen-bond acceptors (Lipinski definition) is 2. The Morgan fingerprint density at radius 2 is 2.14 bits per heavy atom. The standard InChI is InChI=1S/C11H22N2O/c1-8(2)10-4-5-13(9(3)7-12)11(14)6-10/h8-10H,4-7,12H2,1-3H3. The summed E-state index contributed by atoms with van der Waals surface area (Å²) in [5.41, 5.74) is 5.57. The molecular formula is C11H22N2O.